The average molecular weight is 343 g/mol. The van der Waals surface area contributed by atoms with Gasteiger partial charge in [0.25, 0.3) is 5.91 Å². The molecular weight excluding hydrogens is 328 g/mol. The van der Waals surface area contributed by atoms with Crippen LogP contribution >= 0.6 is 11.6 Å². The van der Waals surface area contributed by atoms with Gasteiger partial charge in [0.05, 0.1) is 5.69 Å². The predicted molar refractivity (Wildman–Crippen MR) is 91.5 cm³/mol. The smallest absolute Gasteiger partial charge is 0.262 e. The number of hydrogen-bond acceptors (Lipinski definition) is 3. The maximum absolute atomic E-state index is 12.4. The molecule has 1 fully saturated rings. The Balaban J connectivity index is 1.44. The van der Waals surface area contributed by atoms with Crippen LogP contribution in [0.4, 0.5) is 11.4 Å². The number of anilines is 2. The Bertz CT molecular complexity index is 837. The number of ether oxygens (including phenoxy) is 1. The van der Waals surface area contributed by atoms with Crippen LogP contribution in [-0.2, 0) is 9.59 Å². The molecule has 0 spiro atoms. The number of halogens is 1. The minimum atomic E-state index is -0.200. The molecule has 2 atom stereocenters. The Kier molecular flexibility index (Phi) is 3.65. The van der Waals surface area contributed by atoms with Crippen molar-refractivity contribution in [2.24, 2.45) is 5.92 Å². The summed E-state index contributed by atoms with van der Waals surface area (Å²) in [5.41, 5.74) is 2.31. The van der Waals surface area contributed by atoms with E-state index in [2.05, 4.69) is 10.6 Å². The number of amides is 2. The first kappa shape index (κ1) is 15.0. The molecule has 1 saturated carbocycles. The third kappa shape index (κ3) is 2.95. The summed E-state index contributed by atoms with van der Waals surface area (Å²) >= 11 is 6.01. The van der Waals surface area contributed by atoms with E-state index in [1.165, 1.54) is 0 Å². The Morgan fingerprint density at radius 2 is 2.12 bits per heavy atom. The Morgan fingerprint density at radius 1 is 1.25 bits per heavy atom. The fourth-order valence-electron chi connectivity index (χ4n) is 2.99. The first-order valence-corrected chi connectivity index (χ1v) is 8.11. The molecule has 0 radical (unpaired) electrons. The van der Waals surface area contributed by atoms with Crippen LogP contribution in [0, 0.1) is 5.92 Å². The molecule has 0 saturated heterocycles. The van der Waals surface area contributed by atoms with E-state index in [1.54, 1.807) is 18.2 Å². The van der Waals surface area contributed by atoms with Gasteiger partial charge in [0.15, 0.2) is 6.61 Å². The summed E-state index contributed by atoms with van der Waals surface area (Å²) in [7, 11) is 0. The zero-order valence-corrected chi connectivity index (χ0v) is 13.5. The molecule has 5 nitrogen and oxygen atoms in total. The highest BCUT2D eigenvalue weighted by molar-refractivity contribution is 6.30. The minimum absolute atomic E-state index is 0.0160. The van der Waals surface area contributed by atoms with E-state index >= 15 is 0 Å². The molecule has 1 aliphatic carbocycles. The summed E-state index contributed by atoms with van der Waals surface area (Å²) < 4.78 is 5.30. The zero-order chi connectivity index (χ0) is 16.7. The van der Waals surface area contributed by atoms with Crippen LogP contribution in [0.2, 0.25) is 5.02 Å². The Hall–Kier alpha value is -2.53. The highest BCUT2D eigenvalue weighted by Crippen LogP contribution is 2.48. The third-order valence-electron chi connectivity index (χ3n) is 4.28. The summed E-state index contributed by atoms with van der Waals surface area (Å²) in [6.45, 7) is 0.0160. The van der Waals surface area contributed by atoms with Crippen molar-refractivity contribution in [3.05, 3.63) is 53.1 Å². The number of rotatable bonds is 3. The lowest BCUT2D eigenvalue weighted by Gasteiger charge is -2.18. The first-order chi connectivity index (χ1) is 11.6. The molecule has 4 rings (SSSR count). The second-order valence-electron chi connectivity index (χ2n) is 6.04. The van der Waals surface area contributed by atoms with Gasteiger partial charge < -0.3 is 15.4 Å². The van der Waals surface area contributed by atoms with E-state index in [0.717, 1.165) is 12.0 Å². The van der Waals surface area contributed by atoms with E-state index in [4.69, 9.17) is 16.3 Å². The molecular formula is C18H15ClN2O3. The molecule has 2 aromatic rings. The van der Waals surface area contributed by atoms with Crippen molar-refractivity contribution in [2.45, 2.75) is 12.3 Å². The SMILES string of the molecule is O=C1COc2ccc(NC(=O)[C@@H]3C[C@H]3c3cccc(Cl)c3)cc2N1. The molecule has 122 valence electrons. The summed E-state index contributed by atoms with van der Waals surface area (Å²) in [5, 5.41) is 6.32. The maximum Gasteiger partial charge on any atom is 0.262 e. The van der Waals surface area contributed by atoms with Gasteiger partial charge in [0.2, 0.25) is 5.91 Å². The molecule has 0 unspecified atom stereocenters. The number of carbonyl (C=O) groups is 2. The monoisotopic (exact) mass is 342 g/mol. The molecule has 2 aliphatic rings. The van der Waals surface area contributed by atoms with Crippen molar-refractivity contribution in [1.82, 2.24) is 0 Å². The van der Waals surface area contributed by atoms with E-state index in [9.17, 15) is 9.59 Å². The van der Waals surface area contributed by atoms with Crippen LogP contribution < -0.4 is 15.4 Å². The van der Waals surface area contributed by atoms with Gasteiger partial charge in [-0.05, 0) is 48.2 Å². The molecule has 6 heteroatoms. The second kappa shape index (κ2) is 5.83. The fraction of sp³-hybridized carbons (Fsp3) is 0.222. The van der Waals surface area contributed by atoms with Crippen LogP contribution in [0.5, 0.6) is 5.75 Å². The zero-order valence-electron chi connectivity index (χ0n) is 12.7. The molecule has 2 N–H and O–H groups in total. The largest absolute Gasteiger partial charge is 0.482 e. The number of nitrogens with one attached hydrogen (secondary N) is 2. The minimum Gasteiger partial charge on any atom is -0.482 e. The van der Waals surface area contributed by atoms with Crippen molar-refractivity contribution in [1.29, 1.82) is 0 Å². The van der Waals surface area contributed by atoms with E-state index in [-0.39, 0.29) is 30.3 Å². The van der Waals surface area contributed by atoms with Crippen molar-refractivity contribution in [2.75, 3.05) is 17.2 Å². The maximum atomic E-state index is 12.4. The number of fused-ring (bicyclic) bond motifs is 1. The van der Waals surface area contributed by atoms with Gasteiger partial charge >= 0.3 is 0 Å². The Morgan fingerprint density at radius 3 is 2.96 bits per heavy atom. The third-order valence-corrected chi connectivity index (χ3v) is 4.52. The summed E-state index contributed by atoms with van der Waals surface area (Å²) in [6, 6.07) is 12.8. The molecule has 24 heavy (non-hydrogen) atoms. The lowest BCUT2D eigenvalue weighted by Crippen LogP contribution is -2.25. The number of benzene rings is 2. The molecule has 0 aromatic heterocycles. The molecule has 2 amide bonds. The second-order valence-corrected chi connectivity index (χ2v) is 6.48. The lowest BCUT2D eigenvalue weighted by atomic mass is 10.1. The van der Waals surface area contributed by atoms with Gasteiger partial charge in [0.1, 0.15) is 5.75 Å². The van der Waals surface area contributed by atoms with Crippen LogP contribution in [0.1, 0.15) is 17.9 Å². The van der Waals surface area contributed by atoms with Gasteiger partial charge in [-0.1, -0.05) is 23.7 Å². The summed E-state index contributed by atoms with van der Waals surface area (Å²) in [4.78, 5) is 23.8. The molecule has 0 bridgehead atoms. The van der Waals surface area contributed by atoms with Crippen LogP contribution in [-0.4, -0.2) is 18.4 Å². The van der Waals surface area contributed by atoms with Gasteiger partial charge in [-0.15, -0.1) is 0 Å². The van der Waals surface area contributed by atoms with E-state index in [0.29, 0.717) is 22.1 Å². The van der Waals surface area contributed by atoms with E-state index in [1.807, 2.05) is 24.3 Å². The van der Waals surface area contributed by atoms with Crippen LogP contribution in [0.15, 0.2) is 42.5 Å². The number of carbonyl (C=O) groups excluding carboxylic acids is 2. The van der Waals surface area contributed by atoms with Gasteiger partial charge in [-0.2, -0.15) is 0 Å². The summed E-state index contributed by atoms with van der Waals surface area (Å²) in [5.74, 6) is 0.544. The predicted octanol–water partition coefficient (Wildman–Crippen LogP) is 3.41. The normalized spacial score (nSPS) is 21.3. The van der Waals surface area contributed by atoms with Crippen molar-refractivity contribution >= 4 is 34.8 Å². The van der Waals surface area contributed by atoms with Gasteiger partial charge in [-0.3, -0.25) is 9.59 Å². The van der Waals surface area contributed by atoms with Crippen molar-refractivity contribution < 1.29 is 14.3 Å². The van der Waals surface area contributed by atoms with Crippen molar-refractivity contribution in [3.63, 3.8) is 0 Å². The molecule has 1 heterocycles. The van der Waals surface area contributed by atoms with E-state index < -0.39 is 0 Å². The topological polar surface area (TPSA) is 67.4 Å². The average Bonchev–Trinajstić information content (AvgIpc) is 3.35. The van der Waals surface area contributed by atoms with Crippen LogP contribution in [0.3, 0.4) is 0 Å². The molecule has 2 aromatic carbocycles. The van der Waals surface area contributed by atoms with Gasteiger partial charge in [-0.25, -0.2) is 0 Å². The van der Waals surface area contributed by atoms with Gasteiger partial charge in [0, 0.05) is 16.6 Å². The number of hydrogen-bond donors (Lipinski definition) is 2. The highest BCUT2D eigenvalue weighted by Gasteiger charge is 2.44. The fourth-order valence-corrected chi connectivity index (χ4v) is 3.18. The first-order valence-electron chi connectivity index (χ1n) is 7.73. The summed E-state index contributed by atoms with van der Waals surface area (Å²) in [6.07, 6.45) is 0.816. The highest BCUT2D eigenvalue weighted by atomic mass is 35.5. The standard InChI is InChI=1S/C18H15ClN2O3/c19-11-3-1-2-10(6-11)13-8-14(13)18(23)20-12-4-5-16-15(7-12)21-17(22)9-24-16/h1-7,13-14H,8-9H2,(H,20,23)(H,21,22)/t13-,14+/m0/s1. The lowest BCUT2D eigenvalue weighted by molar-refractivity contribution is -0.119. The van der Waals surface area contributed by atoms with Crippen LogP contribution in [0.25, 0.3) is 0 Å². The molecule has 1 aliphatic heterocycles. The van der Waals surface area contributed by atoms with Crippen molar-refractivity contribution in [3.8, 4) is 5.75 Å². The quantitative estimate of drug-likeness (QED) is 0.898. The Labute approximate surface area is 144 Å².